The number of piperidine rings is 1. The van der Waals surface area contributed by atoms with Gasteiger partial charge in [-0.3, -0.25) is 24.5 Å². The molecule has 2 saturated heterocycles. The van der Waals surface area contributed by atoms with Gasteiger partial charge < -0.3 is 9.80 Å². The third-order valence-electron chi connectivity index (χ3n) is 5.30. The van der Waals surface area contributed by atoms with Gasteiger partial charge in [-0.05, 0) is 30.2 Å². The summed E-state index contributed by atoms with van der Waals surface area (Å²) in [5.74, 6) is -0.0383. The Kier molecular flexibility index (Phi) is 4.67. The maximum Gasteiger partial charge on any atom is 0.255 e. The Hall–Kier alpha value is -2.35. The second-order valence-corrected chi connectivity index (χ2v) is 8.75. The number of benzene rings is 1. The van der Waals surface area contributed by atoms with Crippen LogP contribution < -0.4 is 5.32 Å². The van der Waals surface area contributed by atoms with Gasteiger partial charge in [-0.2, -0.15) is 11.8 Å². The molecule has 4 amide bonds. The zero-order chi connectivity index (χ0) is 19.1. The van der Waals surface area contributed by atoms with Crippen LogP contribution >= 0.6 is 11.8 Å². The van der Waals surface area contributed by atoms with Crippen molar-refractivity contribution in [3.63, 3.8) is 0 Å². The normalized spacial score (nSPS) is 25.4. The van der Waals surface area contributed by atoms with E-state index in [1.807, 2.05) is 16.7 Å². The Labute approximate surface area is 161 Å². The van der Waals surface area contributed by atoms with Gasteiger partial charge >= 0.3 is 0 Å². The van der Waals surface area contributed by atoms with E-state index >= 15 is 0 Å². The van der Waals surface area contributed by atoms with E-state index in [0.29, 0.717) is 22.8 Å². The van der Waals surface area contributed by atoms with Crippen molar-refractivity contribution >= 4 is 35.4 Å². The standard InChI is InChI=1S/C19H21N3O4S/c1-11-9-21(6-7-27-11)18(25)12-2-3-14-13(8-12)10-22(19(14)26)15-4-5-16(23)20-17(15)24/h2-3,8,11,15H,4-7,9-10H2,1H3,(H,20,23,24). The summed E-state index contributed by atoms with van der Waals surface area (Å²) in [6.45, 7) is 3.85. The van der Waals surface area contributed by atoms with Gasteiger partial charge in [0.15, 0.2) is 0 Å². The number of rotatable bonds is 2. The summed E-state index contributed by atoms with van der Waals surface area (Å²) in [5.41, 5.74) is 1.86. The van der Waals surface area contributed by atoms with E-state index < -0.39 is 11.9 Å². The molecule has 27 heavy (non-hydrogen) atoms. The average Bonchev–Trinajstić information content (AvgIpc) is 2.97. The van der Waals surface area contributed by atoms with Crippen LogP contribution in [-0.2, 0) is 16.1 Å². The van der Waals surface area contributed by atoms with Crippen LogP contribution in [0.4, 0.5) is 0 Å². The lowest BCUT2D eigenvalue weighted by Gasteiger charge is -2.30. The summed E-state index contributed by atoms with van der Waals surface area (Å²) in [6.07, 6.45) is 0.560. The van der Waals surface area contributed by atoms with Gasteiger partial charge in [0.25, 0.3) is 11.8 Å². The Bertz CT molecular complexity index is 840. The van der Waals surface area contributed by atoms with Crippen molar-refractivity contribution in [2.45, 2.75) is 37.6 Å². The number of carbonyl (C=O) groups excluding carboxylic acids is 4. The Morgan fingerprint density at radius 3 is 2.81 bits per heavy atom. The van der Waals surface area contributed by atoms with Gasteiger partial charge in [-0.1, -0.05) is 6.92 Å². The van der Waals surface area contributed by atoms with Gasteiger partial charge in [0.2, 0.25) is 11.8 Å². The number of thioether (sulfide) groups is 1. The molecule has 0 spiro atoms. The van der Waals surface area contributed by atoms with Crippen LogP contribution in [-0.4, -0.2) is 63.6 Å². The van der Waals surface area contributed by atoms with Gasteiger partial charge in [-0.25, -0.2) is 0 Å². The van der Waals surface area contributed by atoms with Crippen LogP contribution in [0.3, 0.4) is 0 Å². The fraction of sp³-hybridized carbons (Fsp3) is 0.474. The SMILES string of the molecule is CC1CN(C(=O)c2ccc3c(c2)CN(C2CCC(=O)NC2=O)C3=O)CCS1. The lowest BCUT2D eigenvalue weighted by atomic mass is 10.0. The van der Waals surface area contributed by atoms with Crippen molar-refractivity contribution in [3.8, 4) is 0 Å². The molecule has 1 N–H and O–H groups in total. The predicted molar refractivity (Wildman–Crippen MR) is 100 cm³/mol. The molecule has 8 heteroatoms. The molecule has 0 bridgehead atoms. The zero-order valence-corrected chi connectivity index (χ0v) is 15.9. The van der Waals surface area contributed by atoms with Crippen molar-refractivity contribution in [1.82, 2.24) is 15.1 Å². The summed E-state index contributed by atoms with van der Waals surface area (Å²) < 4.78 is 0. The van der Waals surface area contributed by atoms with Crippen LogP contribution in [0.15, 0.2) is 18.2 Å². The minimum Gasteiger partial charge on any atom is -0.337 e. The second kappa shape index (κ2) is 6.99. The molecule has 2 atom stereocenters. The molecule has 2 unspecified atom stereocenters. The smallest absolute Gasteiger partial charge is 0.255 e. The van der Waals surface area contributed by atoms with E-state index in [9.17, 15) is 19.2 Å². The summed E-state index contributed by atoms with van der Waals surface area (Å²) in [7, 11) is 0. The molecule has 1 aromatic rings. The average molecular weight is 387 g/mol. The summed E-state index contributed by atoms with van der Waals surface area (Å²) >= 11 is 1.86. The molecule has 0 saturated carbocycles. The first-order chi connectivity index (χ1) is 12.9. The molecular formula is C19H21N3O4S. The third-order valence-corrected chi connectivity index (χ3v) is 6.44. The van der Waals surface area contributed by atoms with E-state index in [-0.39, 0.29) is 30.7 Å². The lowest BCUT2D eigenvalue weighted by molar-refractivity contribution is -0.136. The van der Waals surface area contributed by atoms with Crippen molar-refractivity contribution in [2.75, 3.05) is 18.8 Å². The fourth-order valence-corrected chi connectivity index (χ4v) is 4.91. The van der Waals surface area contributed by atoms with E-state index in [4.69, 9.17) is 0 Å². The molecule has 3 heterocycles. The fourth-order valence-electron chi connectivity index (χ4n) is 3.89. The molecule has 3 aliphatic rings. The molecule has 2 fully saturated rings. The zero-order valence-electron chi connectivity index (χ0n) is 15.1. The molecule has 0 aliphatic carbocycles. The van der Waals surface area contributed by atoms with Gasteiger partial charge in [-0.15, -0.1) is 0 Å². The number of hydrogen-bond acceptors (Lipinski definition) is 5. The minimum atomic E-state index is -0.637. The maximum atomic E-state index is 12.8. The molecule has 142 valence electrons. The van der Waals surface area contributed by atoms with Crippen LogP contribution in [0.1, 0.15) is 46.0 Å². The van der Waals surface area contributed by atoms with Crippen LogP contribution in [0.5, 0.6) is 0 Å². The number of imide groups is 1. The topological polar surface area (TPSA) is 86.8 Å². The molecule has 0 aromatic heterocycles. The van der Waals surface area contributed by atoms with Crippen molar-refractivity contribution in [3.05, 3.63) is 34.9 Å². The number of carbonyl (C=O) groups is 4. The molecule has 3 aliphatic heterocycles. The monoisotopic (exact) mass is 387 g/mol. The second-order valence-electron chi connectivity index (χ2n) is 7.20. The van der Waals surface area contributed by atoms with Crippen LogP contribution in [0.2, 0.25) is 0 Å². The summed E-state index contributed by atoms with van der Waals surface area (Å²) in [6, 6.07) is 4.51. The van der Waals surface area contributed by atoms with Crippen molar-refractivity contribution < 1.29 is 19.2 Å². The van der Waals surface area contributed by atoms with Gasteiger partial charge in [0, 0.05) is 48.2 Å². The Morgan fingerprint density at radius 2 is 2.07 bits per heavy atom. The number of nitrogens with one attached hydrogen (secondary N) is 1. The molecule has 7 nitrogen and oxygen atoms in total. The largest absolute Gasteiger partial charge is 0.337 e. The number of amides is 4. The summed E-state index contributed by atoms with van der Waals surface area (Å²) in [4.78, 5) is 52.3. The Balaban J connectivity index is 1.53. The molecule has 4 rings (SSSR count). The maximum absolute atomic E-state index is 12.8. The molecular weight excluding hydrogens is 366 g/mol. The minimum absolute atomic E-state index is 0.0168. The van der Waals surface area contributed by atoms with Gasteiger partial charge in [0.05, 0.1) is 0 Å². The van der Waals surface area contributed by atoms with E-state index in [1.165, 1.54) is 4.90 Å². The van der Waals surface area contributed by atoms with Crippen LogP contribution in [0, 0.1) is 0 Å². The van der Waals surface area contributed by atoms with Crippen molar-refractivity contribution in [1.29, 1.82) is 0 Å². The number of fused-ring (bicyclic) bond motifs is 1. The highest BCUT2D eigenvalue weighted by atomic mass is 32.2. The van der Waals surface area contributed by atoms with Crippen molar-refractivity contribution in [2.24, 2.45) is 0 Å². The summed E-state index contributed by atoms with van der Waals surface area (Å²) in [5, 5.41) is 2.71. The lowest BCUT2D eigenvalue weighted by Crippen LogP contribution is -2.52. The Morgan fingerprint density at radius 1 is 1.26 bits per heavy atom. The highest BCUT2D eigenvalue weighted by Gasteiger charge is 2.39. The first-order valence-corrected chi connectivity index (χ1v) is 10.2. The molecule has 1 aromatic carbocycles. The van der Waals surface area contributed by atoms with Crippen LogP contribution in [0.25, 0.3) is 0 Å². The van der Waals surface area contributed by atoms with E-state index in [1.54, 1.807) is 18.2 Å². The quantitative estimate of drug-likeness (QED) is 0.766. The highest BCUT2D eigenvalue weighted by molar-refractivity contribution is 7.99. The van der Waals surface area contributed by atoms with E-state index in [2.05, 4.69) is 12.2 Å². The first kappa shape index (κ1) is 18.0. The first-order valence-electron chi connectivity index (χ1n) is 9.12. The number of nitrogens with zero attached hydrogens (tertiary/aromatic N) is 2. The van der Waals surface area contributed by atoms with E-state index in [0.717, 1.165) is 24.4 Å². The highest BCUT2D eigenvalue weighted by Crippen LogP contribution is 2.29. The number of hydrogen-bond donors (Lipinski definition) is 1. The third kappa shape index (κ3) is 3.34. The van der Waals surface area contributed by atoms with Gasteiger partial charge in [0.1, 0.15) is 6.04 Å². The predicted octanol–water partition coefficient (Wildman–Crippen LogP) is 1.03. The molecule has 0 radical (unpaired) electrons.